The largest absolute Gasteiger partial charge is 0.397 e. The lowest BCUT2D eigenvalue weighted by Crippen LogP contribution is -1.87. The highest BCUT2D eigenvalue weighted by molar-refractivity contribution is 7.13. The molecule has 30 heavy (non-hydrogen) atoms. The van der Waals surface area contributed by atoms with Gasteiger partial charge in [0, 0.05) is 44.7 Å². The number of nitrogens with one attached hydrogen (secondary N) is 2. The summed E-state index contributed by atoms with van der Waals surface area (Å²) >= 11 is 1.75. The first-order chi connectivity index (χ1) is 14.8. The summed E-state index contributed by atoms with van der Waals surface area (Å²) < 4.78 is 0. The maximum absolute atomic E-state index is 5.92. The average Bonchev–Trinajstić information content (AvgIpc) is 3.51. The number of rotatable bonds is 3. The van der Waals surface area contributed by atoms with Crippen LogP contribution in [0.5, 0.6) is 0 Å². The van der Waals surface area contributed by atoms with Crippen molar-refractivity contribution in [3.63, 3.8) is 0 Å². The van der Waals surface area contributed by atoms with Crippen LogP contribution >= 0.6 is 11.3 Å². The molecule has 0 bridgehead atoms. The molecule has 6 aromatic rings. The number of H-pyrrole nitrogens is 2. The van der Waals surface area contributed by atoms with Gasteiger partial charge >= 0.3 is 0 Å². The smallest absolute Gasteiger partial charge is 0.116 e. The van der Waals surface area contributed by atoms with Crippen molar-refractivity contribution in [2.45, 2.75) is 0 Å². The van der Waals surface area contributed by atoms with E-state index in [2.05, 4.69) is 74.1 Å². The van der Waals surface area contributed by atoms with Gasteiger partial charge in [-0.1, -0.05) is 24.3 Å². The number of anilines is 1. The first kappa shape index (κ1) is 17.0. The summed E-state index contributed by atoms with van der Waals surface area (Å²) in [6.45, 7) is 0. The lowest BCUT2D eigenvalue weighted by atomic mass is 10.0. The van der Waals surface area contributed by atoms with Gasteiger partial charge in [-0.3, -0.25) is 10.1 Å². The number of aromatic nitrogens is 4. The molecule has 0 amide bonds. The SMILES string of the molecule is Nc1cncc(-c2ccc3[nH]nc(-c4cc5c(-c6cccs6)cccc5[nH]4)c3c2)c1. The molecule has 4 N–H and O–H groups in total. The van der Waals surface area contributed by atoms with Crippen LogP contribution < -0.4 is 5.73 Å². The Morgan fingerprint density at radius 1 is 0.833 bits per heavy atom. The van der Waals surface area contributed by atoms with E-state index in [0.717, 1.165) is 38.9 Å². The predicted octanol–water partition coefficient (Wildman–Crippen LogP) is 6.08. The van der Waals surface area contributed by atoms with Crippen LogP contribution in [0.3, 0.4) is 0 Å². The molecule has 0 aliphatic heterocycles. The monoisotopic (exact) mass is 407 g/mol. The van der Waals surface area contributed by atoms with E-state index in [1.54, 1.807) is 17.5 Å². The molecule has 0 radical (unpaired) electrons. The van der Waals surface area contributed by atoms with Crippen LogP contribution in [0, 0.1) is 0 Å². The number of nitrogen functional groups attached to an aromatic ring is 1. The summed E-state index contributed by atoms with van der Waals surface area (Å²) in [4.78, 5) is 9.03. The lowest BCUT2D eigenvalue weighted by molar-refractivity contribution is 1.12. The number of pyridine rings is 1. The summed E-state index contributed by atoms with van der Waals surface area (Å²) in [6.07, 6.45) is 3.48. The second-order valence-electron chi connectivity index (χ2n) is 7.27. The molecule has 0 aliphatic rings. The van der Waals surface area contributed by atoms with Crippen LogP contribution in [0.25, 0.3) is 54.8 Å². The molecule has 4 heterocycles. The Morgan fingerprint density at radius 2 is 1.80 bits per heavy atom. The molecule has 6 heteroatoms. The molecule has 0 fully saturated rings. The fourth-order valence-corrected chi connectivity index (χ4v) is 4.71. The zero-order valence-corrected chi connectivity index (χ0v) is 16.7. The first-order valence-electron chi connectivity index (χ1n) is 9.61. The minimum Gasteiger partial charge on any atom is -0.397 e. The van der Waals surface area contributed by atoms with Crippen LogP contribution in [-0.2, 0) is 0 Å². The van der Waals surface area contributed by atoms with Crippen molar-refractivity contribution in [1.29, 1.82) is 0 Å². The van der Waals surface area contributed by atoms with Gasteiger partial charge in [-0.15, -0.1) is 11.3 Å². The lowest BCUT2D eigenvalue weighted by Gasteiger charge is -2.03. The van der Waals surface area contributed by atoms with Gasteiger partial charge in [-0.25, -0.2) is 0 Å². The third-order valence-electron chi connectivity index (χ3n) is 5.36. The van der Waals surface area contributed by atoms with Crippen molar-refractivity contribution in [3.8, 4) is 33.0 Å². The summed E-state index contributed by atoms with van der Waals surface area (Å²) in [5, 5.41) is 12.1. The Balaban J connectivity index is 1.52. The average molecular weight is 408 g/mol. The summed E-state index contributed by atoms with van der Waals surface area (Å²) in [7, 11) is 0. The molecular weight excluding hydrogens is 390 g/mol. The quantitative estimate of drug-likeness (QED) is 0.332. The Labute approximate surface area is 176 Å². The second kappa shape index (κ2) is 6.57. The molecule has 2 aromatic carbocycles. The highest BCUT2D eigenvalue weighted by atomic mass is 32.1. The van der Waals surface area contributed by atoms with Crippen molar-refractivity contribution in [3.05, 3.63) is 78.4 Å². The van der Waals surface area contributed by atoms with Gasteiger partial charge in [0.1, 0.15) is 5.69 Å². The molecule has 5 nitrogen and oxygen atoms in total. The maximum atomic E-state index is 5.92. The minimum atomic E-state index is 0.650. The fraction of sp³-hybridized carbons (Fsp3) is 0. The first-order valence-corrected chi connectivity index (χ1v) is 10.5. The van der Waals surface area contributed by atoms with Crippen LogP contribution in [-0.4, -0.2) is 20.2 Å². The molecule has 0 aliphatic carbocycles. The van der Waals surface area contributed by atoms with E-state index in [0.29, 0.717) is 5.69 Å². The number of benzene rings is 2. The standard InChI is InChI=1S/C24H17N5S/c25-16-9-15(12-26-13-16)14-6-7-21-19(10-14)24(29-28-21)22-11-18-17(23-5-2-8-30-23)3-1-4-20(18)27-22/h1-13,27H,25H2,(H,28,29). The van der Waals surface area contributed by atoms with Crippen LogP contribution in [0.15, 0.2) is 78.4 Å². The van der Waals surface area contributed by atoms with Gasteiger partial charge < -0.3 is 10.7 Å². The molecular formula is C24H17N5S. The Kier molecular flexibility index (Phi) is 3.72. The van der Waals surface area contributed by atoms with Crippen molar-refractivity contribution in [1.82, 2.24) is 20.2 Å². The van der Waals surface area contributed by atoms with Crippen LogP contribution in [0.1, 0.15) is 0 Å². The highest BCUT2D eigenvalue weighted by Crippen LogP contribution is 2.36. The number of hydrogen-bond acceptors (Lipinski definition) is 4. The molecule has 0 unspecified atom stereocenters. The van der Waals surface area contributed by atoms with Gasteiger partial charge in [-0.2, -0.15) is 5.10 Å². The van der Waals surface area contributed by atoms with Gasteiger partial charge in [0.05, 0.1) is 16.9 Å². The van der Waals surface area contributed by atoms with Crippen LogP contribution in [0.4, 0.5) is 5.69 Å². The third kappa shape index (κ3) is 2.69. The Morgan fingerprint density at radius 3 is 2.67 bits per heavy atom. The number of nitrogens with two attached hydrogens (primary N) is 1. The summed E-state index contributed by atoms with van der Waals surface area (Å²) in [5.41, 5.74) is 13.8. The van der Waals surface area contributed by atoms with E-state index in [-0.39, 0.29) is 0 Å². The molecule has 4 aromatic heterocycles. The minimum absolute atomic E-state index is 0.650. The number of fused-ring (bicyclic) bond motifs is 2. The van der Waals surface area contributed by atoms with E-state index >= 15 is 0 Å². The third-order valence-corrected chi connectivity index (χ3v) is 6.26. The number of hydrogen-bond donors (Lipinski definition) is 3. The second-order valence-corrected chi connectivity index (χ2v) is 8.21. The summed E-state index contributed by atoms with van der Waals surface area (Å²) in [5.74, 6) is 0. The van der Waals surface area contributed by atoms with Crippen LogP contribution in [0.2, 0.25) is 0 Å². The van der Waals surface area contributed by atoms with Gasteiger partial charge in [0.2, 0.25) is 0 Å². The zero-order chi connectivity index (χ0) is 20.1. The van der Waals surface area contributed by atoms with Crippen molar-refractivity contribution < 1.29 is 0 Å². The van der Waals surface area contributed by atoms with Crippen molar-refractivity contribution in [2.75, 3.05) is 5.73 Å². The maximum Gasteiger partial charge on any atom is 0.116 e. The highest BCUT2D eigenvalue weighted by Gasteiger charge is 2.14. The Bertz CT molecular complexity index is 1510. The zero-order valence-electron chi connectivity index (χ0n) is 15.9. The molecule has 0 saturated heterocycles. The van der Waals surface area contributed by atoms with E-state index in [1.807, 2.05) is 18.3 Å². The number of aromatic amines is 2. The fourth-order valence-electron chi connectivity index (χ4n) is 3.94. The molecule has 0 atom stereocenters. The number of thiophene rings is 1. The normalized spacial score (nSPS) is 11.5. The van der Waals surface area contributed by atoms with Gasteiger partial charge in [0.25, 0.3) is 0 Å². The summed E-state index contributed by atoms with van der Waals surface area (Å²) in [6, 6.07) is 21.0. The van der Waals surface area contributed by atoms with Gasteiger partial charge in [0.15, 0.2) is 0 Å². The Hall–Kier alpha value is -3.90. The van der Waals surface area contributed by atoms with Crippen molar-refractivity contribution in [2.24, 2.45) is 0 Å². The van der Waals surface area contributed by atoms with E-state index in [1.165, 1.54) is 15.8 Å². The van der Waals surface area contributed by atoms with Gasteiger partial charge in [-0.05, 0) is 47.3 Å². The molecule has 144 valence electrons. The van der Waals surface area contributed by atoms with E-state index < -0.39 is 0 Å². The van der Waals surface area contributed by atoms with E-state index in [9.17, 15) is 0 Å². The predicted molar refractivity (Wildman–Crippen MR) is 124 cm³/mol. The molecule has 0 spiro atoms. The van der Waals surface area contributed by atoms with E-state index in [4.69, 9.17) is 5.73 Å². The molecule has 6 rings (SSSR count). The number of nitrogens with zero attached hydrogens (tertiary/aromatic N) is 2. The van der Waals surface area contributed by atoms with Crippen molar-refractivity contribution >= 4 is 38.8 Å². The molecule has 0 saturated carbocycles. The topological polar surface area (TPSA) is 83.4 Å².